The van der Waals surface area contributed by atoms with Crippen LogP contribution >= 0.6 is 0 Å². The van der Waals surface area contributed by atoms with E-state index < -0.39 is 0 Å². The van der Waals surface area contributed by atoms with Crippen LogP contribution in [0.3, 0.4) is 0 Å². The number of hydrogen-bond acceptors (Lipinski definition) is 3. The molecule has 102 valence electrons. The van der Waals surface area contributed by atoms with Crippen molar-refractivity contribution in [3.63, 3.8) is 0 Å². The lowest BCUT2D eigenvalue weighted by atomic mass is 10.0. The van der Waals surface area contributed by atoms with Crippen LogP contribution in [0.25, 0.3) is 0 Å². The fourth-order valence-electron chi connectivity index (χ4n) is 2.77. The van der Waals surface area contributed by atoms with Gasteiger partial charge in [0.1, 0.15) is 0 Å². The van der Waals surface area contributed by atoms with Crippen molar-refractivity contribution in [2.24, 2.45) is 0 Å². The van der Waals surface area contributed by atoms with Crippen molar-refractivity contribution in [2.45, 2.75) is 70.6 Å². The van der Waals surface area contributed by atoms with E-state index in [0.29, 0.717) is 6.10 Å². The molecule has 0 aromatic heterocycles. The maximum Gasteiger partial charge on any atom is 0.0702 e. The average Bonchev–Trinajstić information content (AvgIpc) is 2.31. The third-order valence-electron chi connectivity index (χ3n) is 3.78. The zero-order valence-corrected chi connectivity index (χ0v) is 11.7. The molecule has 0 radical (unpaired) electrons. The average molecular weight is 243 g/mol. The normalized spacial score (nSPS) is 24.9. The molecule has 1 N–H and O–H groups in total. The van der Waals surface area contributed by atoms with Gasteiger partial charge < -0.3 is 9.84 Å². The first-order valence-corrected chi connectivity index (χ1v) is 7.18. The van der Waals surface area contributed by atoms with Crippen molar-refractivity contribution in [2.75, 3.05) is 20.2 Å². The van der Waals surface area contributed by atoms with Crippen LogP contribution in [0, 0.1) is 0 Å². The van der Waals surface area contributed by atoms with E-state index in [0.717, 1.165) is 32.4 Å². The minimum absolute atomic E-state index is 0.196. The van der Waals surface area contributed by atoms with Crippen molar-refractivity contribution in [1.82, 2.24) is 4.90 Å². The van der Waals surface area contributed by atoms with E-state index in [2.05, 4.69) is 25.8 Å². The second-order valence-corrected chi connectivity index (χ2v) is 5.26. The molecular formula is C14H29NO2. The summed E-state index contributed by atoms with van der Waals surface area (Å²) in [6.45, 7) is 6.15. The molecule has 0 spiro atoms. The molecule has 1 rings (SSSR count). The van der Waals surface area contributed by atoms with E-state index in [1.165, 1.54) is 19.3 Å². The summed E-state index contributed by atoms with van der Waals surface area (Å²) in [6, 6.07) is 0.278. The summed E-state index contributed by atoms with van der Waals surface area (Å²) < 4.78 is 5.76. The highest BCUT2D eigenvalue weighted by Gasteiger charge is 2.24. The monoisotopic (exact) mass is 243 g/mol. The zero-order valence-electron chi connectivity index (χ0n) is 11.7. The van der Waals surface area contributed by atoms with Crippen molar-refractivity contribution >= 4 is 0 Å². The molecular weight excluding hydrogens is 214 g/mol. The van der Waals surface area contributed by atoms with Crippen molar-refractivity contribution in [3.8, 4) is 0 Å². The molecule has 3 nitrogen and oxygen atoms in total. The van der Waals surface area contributed by atoms with E-state index in [1.54, 1.807) is 0 Å². The molecule has 0 saturated carbocycles. The summed E-state index contributed by atoms with van der Waals surface area (Å²) in [7, 11) is 2.12. The molecule has 0 aromatic carbocycles. The van der Waals surface area contributed by atoms with Gasteiger partial charge in [-0.15, -0.1) is 0 Å². The van der Waals surface area contributed by atoms with Crippen LogP contribution in [0.4, 0.5) is 0 Å². The Labute approximate surface area is 106 Å². The number of aliphatic hydroxyl groups excluding tert-OH is 1. The van der Waals surface area contributed by atoms with Gasteiger partial charge in [-0.05, 0) is 39.2 Å². The predicted octanol–water partition coefficient (Wildman–Crippen LogP) is 2.43. The quantitative estimate of drug-likeness (QED) is 0.745. The standard InChI is InChI=1S/C14H29NO2/c1-4-8-14(16)13(5-2)15(3)11-12-9-6-7-10-17-12/h12-14,16H,4-11H2,1-3H3. The number of hydrogen-bond donors (Lipinski definition) is 1. The van der Waals surface area contributed by atoms with Crippen LogP contribution in [-0.2, 0) is 4.74 Å². The van der Waals surface area contributed by atoms with Crippen LogP contribution in [0.15, 0.2) is 0 Å². The van der Waals surface area contributed by atoms with Gasteiger partial charge in [0, 0.05) is 19.2 Å². The molecule has 1 aliphatic rings. The highest BCUT2D eigenvalue weighted by Crippen LogP contribution is 2.17. The van der Waals surface area contributed by atoms with Crippen LogP contribution < -0.4 is 0 Å². The molecule has 3 unspecified atom stereocenters. The van der Waals surface area contributed by atoms with E-state index in [4.69, 9.17) is 4.74 Å². The lowest BCUT2D eigenvalue weighted by Gasteiger charge is -2.34. The Morgan fingerprint density at radius 3 is 2.65 bits per heavy atom. The van der Waals surface area contributed by atoms with Gasteiger partial charge in [-0.2, -0.15) is 0 Å². The summed E-state index contributed by atoms with van der Waals surface area (Å²) in [5, 5.41) is 10.1. The van der Waals surface area contributed by atoms with Crippen molar-refractivity contribution in [3.05, 3.63) is 0 Å². The summed E-state index contributed by atoms with van der Waals surface area (Å²) in [5.74, 6) is 0. The summed E-state index contributed by atoms with van der Waals surface area (Å²) in [6.07, 6.45) is 6.78. The van der Waals surface area contributed by atoms with Crippen molar-refractivity contribution < 1.29 is 9.84 Å². The fraction of sp³-hybridized carbons (Fsp3) is 1.00. The van der Waals surface area contributed by atoms with E-state index in [-0.39, 0.29) is 12.1 Å². The van der Waals surface area contributed by atoms with Gasteiger partial charge in [-0.1, -0.05) is 20.3 Å². The Kier molecular flexibility index (Phi) is 7.09. The van der Waals surface area contributed by atoms with Gasteiger partial charge in [-0.25, -0.2) is 0 Å². The van der Waals surface area contributed by atoms with Gasteiger partial charge in [0.25, 0.3) is 0 Å². The largest absolute Gasteiger partial charge is 0.391 e. The Bertz CT molecular complexity index is 193. The first-order chi connectivity index (χ1) is 8.19. The summed E-state index contributed by atoms with van der Waals surface area (Å²) in [5.41, 5.74) is 0. The highest BCUT2D eigenvalue weighted by molar-refractivity contribution is 4.78. The third-order valence-corrected chi connectivity index (χ3v) is 3.78. The minimum atomic E-state index is -0.196. The Balaban J connectivity index is 2.38. The number of ether oxygens (including phenoxy) is 1. The molecule has 0 bridgehead atoms. The molecule has 1 heterocycles. The van der Waals surface area contributed by atoms with E-state index >= 15 is 0 Å². The van der Waals surface area contributed by atoms with Crippen molar-refractivity contribution in [1.29, 1.82) is 0 Å². The smallest absolute Gasteiger partial charge is 0.0702 e. The maximum atomic E-state index is 10.1. The lowest BCUT2D eigenvalue weighted by molar-refractivity contribution is -0.0250. The van der Waals surface area contributed by atoms with Gasteiger partial charge >= 0.3 is 0 Å². The topological polar surface area (TPSA) is 32.7 Å². The molecule has 0 amide bonds. The summed E-state index contributed by atoms with van der Waals surface area (Å²) in [4.78, 5) is 2.29. The van der Waals surface area contributed by atoms with Gasteiger partial charge in [0.15, 0.2) is 0 Å². The Hall–Kier alpha value is -0.120. The third kappa shape index (κ3) is 4.94. The lowest BCUT2D eigenvalue weighted by Crippen LogP contribution is -2.45. The molecule has 3 heteroatoms. The molecule has 1 aliphatic heterocycles. The first-order valence-electron chi connectivity index (χ1n) is 7.18. The highest BCUT2D eigenvalue weighted by atomic mass is 16.5. The predicted molar refractivity (Wildman–Crippen MR) is 71.2 cm³/mol. The zero-order chi connectivity index (χ0) is 12.7. The summed E-state index contributed by atoms with van der Waals surface area (Å²) >= 11 is 0. The van der Waals surface area contributed by atoms with E-state index in [1.807, 2.05) is 0 Å². The Morgan fingerprint density at radius 2 is 2.12 bits per heavy atom. The Morgan fingerprint density at radius 1 is 1.35 bits per heavy atom. The number of nitrogens with zero attached hydrogens (tertiary/aromatic N) is 1. The fourth-order valence-corrected chi connectivity index (χ4v) is 2.77. The number of likely N-dealkylation sites (N-methyl/N-ethyl adjacent to an activating group) is 1. The van der Waals surface area contributed by atoms with Crippen LogP contribution in [0.5, 0.6) is 0 Å². The molecule has 1 fully saturated rings. The number of rotatable bonds is 7. The number of aliphatic hydroxyl groups is 1. The van der Waals surface area contributed by atoms with Gasteiger partial charge in [0.05, 0.1) is 12.2 Å². The maximum absolute atomic E-state index is 10.1. The molecule has 1 saturated heterocycles. The van der Waals surface area contributed by atoms with Gasteiger partial charge in [-0.3, -0.25) is 4.90 Å². The SMILES string of the molecule is CCCC(O)C(CC)N(C)CC1CCCCO1. The second-order valence-electron chi connectivity index (χ2n) is 5.26. The van der Waals surface area contributed by atoms with Crippen LogP contribution in [-0.4, -0.2) is 48.5 Å². The van der Waals surface area contributed by atoms with Crippen LogP contribution in [0.1, 0.15) is 52.4 Å². The minimum Gasteiger partial charge on any atom is -0.391 e. The first kappa shape index (κ1) is 14.9. The molecule has 3 atom stereocenters. The molecule has 0 aliphatic carbocycles. The molecule has 17 heavy (non-hydrogen) atoms. The molecule has 0 aromatic rings. The second kappa shape index (κ2) is 8.06. The van der Waals surface area contributed by atoms with E-state index in [9.17, 15) is 5.11 Å². The van der Waals surface area contributed by atoms with Gasteiger partial charge in [0.2, 0.25) is 0 Å². The van der Waals surface area contributed by atoms with Crippen LogP contribution in [0.2, 0.25) is 0 Å².